The fourth-order valence-corrected chi connectivity index (χ4v) is 1.95. The van der Waals surface area contributed by atoms with E-state index in [1.54, 1.807) is 6.92 Å². The average Bonchev–Trinajstić information content (AvgIpc) is 1.79. The summed E-state index contributed by atoms with van der Waals surface area (Å²) in [5, 5.41) is 0. The van der Waals surface area contributed by atoms with Gasteiger partial charge < -0.3 is 9.79 Å². The summed E-state index contributed by atoms with van der Waals surface area (Å²) in [6, 6.07) is 0. The fraction of sp³-hybridized carbons (Fsp3) is 0.833. The minimum absolute atomic E-state index is 0.264. The standard InChI is InChI=1S/C6H13O4P/c1-3-4-6(5(2)7)11(8,9)10/h6H,3-4H2,1-2H3,(H2,8,9,10). The highest BCUT2D eigenvalue weighted by atomic mass is 31.2. The molecule has 0 rings (SSSR count). The molecule has 0 aliphatic rings. The Labute approximate surface area is 65.8 Å². The molecule has 0 saturated carbocycles. The lowest BCUT2D eigenvalue weighted by Gasteiger charge is -2.13. The van der Waals surface area contributed by atoms with Crippen LogP contribution in [0.4, 0.5) is 0 Å². The van der Waals surface area contributed by atoms with Crippen LogP contribution in [0.3, 0.4) is 0 Å². The van der Waals surface area contributed by atoms with Gasteiger partial charge in [0.2, 0.25) is 0 Å². The molecule has 0 heterocycles. The summed E-state index contributed by atoms with van der Waals surface area (Å²) in [6.07, 6.45) is 0.870. The Morgan fingerprint density at radius 1 is 1.55 bits per heavy atom. The van der Waals surface area contributed by atoms with E-state index in [2.05, 4.69) is 0 Å². The van der Waals surface area contributed by atoms with Crippen molar-refractivity contribution in [3.8, 4) is 0 Å². The molecule has 0 aromatic rings. The van der Waals surface area contributed by atoms with Crippen molar-refractivity contribution in [3.05, 3.63) is 0 Å². The van der Waals surface area contributed by atoms with Gasteiger partial charge in [0, 0.05) is 0 Å². The molecule has 5 heteroatoms. The largest absolute Gasteiger partial charge is 0.335 e. The number of carbonyl (C=O) groups is 1. The Hall–Kier alpha value is -0.180. The molecule has 11 heavy (non-hydrogen) atoms. The molecule has 0 fully saturated rings. The number of Topliss-reactive ketones (excluding diaryl/α,β-unsaturated/α-hetero) is 1. The Morgan fingerprint density at radius 2 is 2.00 bits per heavy atom. The third-order valence-electron chi connectivity index (χ3n) is 1.44. The topological polar surface area (TPSA) is 74.6 Å². The van der Waals surface area contributed by atoms with E-state index in [9.17, 15) is 9.36 Å². The lowest BCUT2D eigenvalue weighted by atomic mass is 10.2. The fourth-order valence-electron chi connectivity index (χ4n) is 0.882. The number of rotatable bonds is 4. The summed E-state index contributed by atoms with van der Waals surface area (Å²) in [6.45, 7) is 2.99. The van der Waals surface area contributed by atoms with Gasteiger partial charge in [-0.3, -0.25) is 9.36 Å². The first-order valence-electron chi connectivity index (χ1n) is 3.45. The van der Waals surface area contributed by atoms with Crippen molar-refractivity contribution >= 4 is 13.4 Å². The second-order valence-electron chi connectivity index (χ2n) is 2.50. The number of hydrogen-bond acceptors (Lipinski definition) is 2. The predicted octanol–water partition coefficient (Wildman–Crippen LogP) is 0.922. The summed E-state index contributed by atoms with van der Waals surface area (Å²) in [4.78, 5) is 28.0. The van der Waals surface area contributed by atoms with E-state index in [0.717, 1.165) is 0 Å². The van der Waals surface area contributed by atoms with Crippen molar-refractivity contribution < 1.29 is 19.1 Å². The van der Waals surface area contributed by atoms with E-state index >= 15 is 0 Å². The van der Waals surface area contributed by atoms with E-state index in [1.165, 1.54) is 6.92 Å². The van der Waals surface area contributed by atoms with Crippen LogP contribution in [0.1, 0.15) is 26.7 Å². The molecule has 0 saturated heterocycles. The van der Waals surface area contributed by atoms with Gasteiger partial charge in [-0.15, -0.1) is 0 Å². The van der Waals surface area contributed by atoms with Gasteiger partial charge in [0.05, 0.1) is 0 Å². The third kappa shape index (κ3) is 3.65. The van der Waals surface area contributed by atoms with Gasteiger partial charge in [-0.05, 0) is 13.3 Å². The molecule has 2 N–H and O–H groups in total. The first kappa shape index (κ1) is 10.8. The normalized spacial score (nSPS) is 14.5. The molecule has 0 aromatic carbocycles. The Bertz CT molecular complexity index is 183. The maximum atomic E-state index is 10.7. The van der Waals surface area contributed by atoms with Gasteiger partial charge in [-0.25, -0.2) is 0 Å². The number of ketones is 1. The first-order valence-corrected chi connectivity index (χ1v) is 5.13. The monoisotopic (exact) mass is 180 g/mol. The van der Waals surface area contributed by atoms with Gasteiger partial charge >= 0.3 is 7.60 Å². The van der Waals surface area contributed by atoms with Gasteiger partial charge in [-0.1, -0.05) is 13.3 Å². The minimum atomic E-state index is -4.20. The Kier molecular flexibility index (Phi) is 3.93. The van der Waals surface area contributed by atoms with Crippen LogP contribution in [-0.2, 0) is 9.36 Å². The second-order valence-corrected chi connectivity index (χ2v) is 4.31. The zero-order valence-corrected chi connectivity index (χ0v) is 7.54. The van der Waals surface area contributed by atoms with Gasteiger partial charge in [0.1, 0.15) is 11.4 Å². The van der Waals surface area contributed by atoms with Crippen LogP contribution in [0.2, 0.25) is 0 Å². The van der Waals surface area contributed by atoms with Gasteiger partial charge in [-0.2, -0.15) is 0 Å². The SMILES string of the molecule is CCCC(C(C)=O)P(=O)(O)O. The van der Waals surface area contributed by atoms with Crippen LogP contribution < -0.4 is 0 Å². The van der Waals surface area contributed by atoms with Crippen molar-refractivity contribution in [1.29, 1.82) is 0 Å². The molecule has 1 atom stereocenters. The van der Waals surface area contributed by atoms with Crippen molar-refractivity contribution in [2.24, 2.45) is 0 Å². The van der Waals surface area contributed by atoms with Crippen molar-refractivity contribution in [1.82, 2.24) is 0 Å². The molecule has 0 aliphatic heterocycles. The maximum absolute atomic E-state index is 10.7. The summed E-state index contributed by atoms with van der Waals surface area (Å²) in [7, 11) is -4.20. The molecule has 66 valence electrons. The lowest BCUT2D eigenvalue weighted by molar-refractivity contribution is -0.117. The van der Waals surface area contributed by atoms with E-state index in [4.69, 9.17) is 9.79 Å². The molecule has 0 spiro atoms. The summed E-state index contributed by atoms with van der Waals surface area (Å²) in [5.74, 6) is -0.430. The zero-order valence-electron chi connectivity index (χ0n) is 6.65. The smallest absolute Gasteiger partial charge is 0.324 e. The molecular weight excluding hydrogens is 167 g/mol. The van der Waals surface area contributed by atoms with Crippen molar-refractivity contribution in [2.75, 3.05) is 0 Å². The molecule has 1 unspecified atom stereocenters. The average molecular weight is 180 g/mol. The highest BCUT2D eigenvalue weighted by molar-refractivity contribution is 7.53. The molecular formula is C6H13O4P. The van der Waals surface area contributed by atoms with E-state index in [0.29, 0.717) is 6.42 Å². The first-order chi connectivity index (χ1) is 4.89. The molecule has 0 aromatic heterocycles. The predicted molar refractivity (Wildman–Crippen MR) is 41.4 cm³/mol. The summed E-state index contributed by atoms with van der Waals surface area (Å²) in [5.41, 5.74) is -1.09. The van der Waals surface area contributed by atoms with Crippen LogP contribution in [-0.4, -0.2) is 21.2 Å². The Morgan fingerprint density at radius 3 is 2.09 bits per heavy atom. The third-order valence-corrected chi connectivity index (χ3v) is 2.87. The van der Waals surface area contributed by atoms with Crippen LogP contribution in [0.5, 0.6) is 0 Å². The molecule has 0 radical (unpaired) electrons. The molecule has 4 nitrogen and oxygen atoms in total. The molecule has 0 aliphatic carbocycles. The Balaban J connectivity index is 4.35. The van der Waals surface area contributed by atoms with E-state index < -0.39 is 19.0 Å². The summed E-state index contributed by atoms with van der Waals surface area (Å²) >= 11 is 0. The van der Waals surface area contributed by atoms with Crippen LogP contribution in [0.25, 0.3) is 0 Å². The van der Waals surface area contributed by atoms with E-state index in [1.807, 2.05) is 0 Å². The minimum Gasteiger partial charge on any atom is -0.324 e. The van der Waals surface area contributed by atoms with E-state index in [-0.39, 0.29) is 6.42 Å². The van der Waals surface area contributed by atoms with Crippen LogP contribution in [0, 0.1) is 0 Å². The molecule has 0 bridgehead atoms. The lowest BCUT2D eigenvalue weighted by Crippen LogP contribution is -2.17. The van der Waals surface area contributed by atoms with Crippen LogP contribution in [0.15, 0.2) is 0 Å². The number of hydrogen-bond donors (Lipinski definition) is 2. The van der Waals surface area contributed by atoms with Gasteiger partial charge in [0.25, 0.3) is 0 Å². The highest BCUT2D eigenvalue weighted by Crippen LogP contribution is 2.43. The highest BCUT2D eigenvalue weighted by Gasteiger charge is 2.31. The van der Waals surface area contributed by atoms with Crippen LogP contribution >= 0.6 is 7.60 Å². The second kappa shape index (κ2) is 4.00. The maximum Gasteiger partial charge on any atom is 0.335 e. The zero-order chi connectivity index (χ0) is 9.07. The summed E-state index contributed by atoms with van der Waals surface area (Å²) < 4.78 is 10.6. The molecule has 0 amide bonds. The van der Waals surface area contributed by atoms with Crippen molar-refractivity contribution in [2.45, 2.75) is 32.3 Å². The quantitative estimate of drug-likeness (QED) is 0.631. The van der Waals surface area contributed by atoms with Crippen molar-refractivity contribution in [3.63, 3.8) is 0 Å². The number of carbonyl (C=O) groups excluding carboxylic acids is 1. The van der Waals surface area contributed by atoms with Gasteiger partial charge in [0.15, 0.2) is 0 Å².